The Morgan fingerprint density at radius 2 is 2.33 bits per heavy atom. The fourth-order valence-corrected chi connectivity index (χ4v) is 2.80. The zero-order valence-electron chi connectivity index (χ0n) is 11.3. The van der Waals surface area contributed by atoms with Gasteiger partial charge in [0, 0.05) is 7.05 Å². The summed E-state index contributed by atoms with van der Waals surface area (Å²) in [5.74, 6) is -1.34. The van der Waals surface area contributed by atoms with Crippen molar-refractivity contribution in [2.75, 3.05) is 14.2 Å². The minimum Gasteiger partial charge on any atom is -0.469 e. The number of methoxy groups -OCH3 is 1. The quantitative estimate of drug-likeness (QED) is 0.730. The summed E-state index contributed by atoms with van der Waals surface area (Å²) in [4.78, 5) is 46.4. The zero-order valence-corrected chi connectivity index (χ0v) is 12.1. The van der Waals surface area contributed by atoms with Gasteiger partial charge >= 0.3 is 5.97 Å². The van der Waals surface area contributed by atoms with E-state index in [-0.39, 0.29) is 23.8 Å². The van der Waals surface area contributed by atoms with Crippen molar-refractivity contribution < 1.29 is 19.1 Å². The maximum absolute atomic E-state index is 12.0. The second kappa shape index (κ2) is 5.95. The number of rotatable bonds is 4. The number of amidine groups is 1. The van der Waals surface area contributed by atoms with Gasteiger partial charge in [0.15, 0.2) is 16.7 Å². The molecule has 1 fully saturated rings. The number of thioether (sulfide) groups is 1. The fraction of sp³-hybridized carbons (Fsp3) is 0.364. The van der Waals surface area contributed by atoms with Crippen LogP contribution in [-0.2, 0) is 14.3 Å². The summed E-state index contributed by atoms with van der Waals surface area (Å²) in [6, 6.07) is 0. The summed E-state index contributed by atoms with van der Waals surface area (Å²) in [5.41, 5.74) is 5.23. The molecule has 3 N–H and O–H groups in total. The van der Waals surface area contributed by atoms with E-state index in [1.165, 1.54) is 25.4 Å². The molecule has 112 valence electrons. The molecular weight excluding hydrogens is 298 g/mol. The van der Waals surface area contributed by atoms with Crippen molar-refractivity contribution in [2.45, 2.75) is 11.7 Å². The number of carbonyl (C=O) groups excluding carboxylic acids is 3. The standard InChI is InChI=1S/C11H13N5O4S/c1-16-10(19)5(3-6(17)20-2)21-11(16)15-9-7(8(12)18)13-4-14-9/h4-5H,3H2,1-2H3,(H2,12,18)(H,13,14). The topological polar surface area (TPSA) is 131 Å². The van der Waals surface area contributed by atoms with Crippen molar-refractivity contribution in [1.29, 1.82) is 0 Å². The molecule has 0 aliphatic carbocycles. The average molecular weight is 311 g/mol. The van der Waals surface area contributed by atoms with Crippen molar-refractivity contribution in [3.63, 3.8) is 0 Å². The second-order valence-electron chi connectivity index (χ2n) is 4.14. The highest BCUT2D eigenvalue weighted by Crippen LogP contribution is 2.30. The third kappa shape index (κ3) is 3.05. The molecule has 2 amide bonds. The van der Waals surface area contributed by atoms with Gasteiger partial charge in [-0.3, -0.25) is 19.3 Å². The number of hydrogen-bond donors (Lipinski definition) is 2. The van der Waals surface area contributed by atoms with Crippen LogP contribution in [0.5, 0.6) is 0 Å². The number of ether oxygens (including phenoxy) is 1. The smallest absolute Gasteiger partial charge is 0.307 e. The number of primary amides is 1. The summed E-state index contributed by atoms with van der Waals surface area (Å²) in [6.45, 7) is 0. The number of aliphatic imine (C=N–C) groups is 1. The number of nitrogens with zero attached hydrogens (tertiary/aromatic N) is 3. The molecule has 0 spiro atoms. The van der Waals surface area contributed by atoms with Crippen molar-refractivity contribution in [2.24, 2.45) is 10.7 Å². The van der Waals surface area contributed by atoms with Crippen LogP contribution in [0.15, 0.2) is 11.3 Å². The van der Waals surface area contributed by atoms with Gasteiger partial charge in [0.1, 0.15) is 5.25 Å². The Bertz CT molecular complexity index is 626. The van der Waals surface area contributed by atoms with Crippen LogP contribution >= 0.6 is 11.8 Å². The SMILES string of the molecule is COC(=O)CC1SC(=Nc2nc[nH]c2C(N)=O)N(C)C1=O. The predicted molar refractivity (Wildman–Crippen MR) is 75.0 cm³/mol. The molecule has 9 nitrogen and oxygen atoms in total. The first-order valence-corrected chi connectivity index (χ1v) is 6.75. The Hall–Kier alpha value is -2.36. The van der Waals surface area contributed by atoms with Gasteiger partial charge in [-0.2, -0.15) is 0 Å². The van der Waals surface area contributed by atoms with Crippen molar-refractivity contribution in [1.82, 2.24) is 14.9 Å². The fourth-order valence-electron chi connectivity index (χ4n) is 1.68. The molecule has 1 saturated heterocycles. The van der Waals surface area contributed by atoms with Crippen LogP contribution in [0.2, 0.25) is 0 Å². The van der Waals surface area contributed by atoms with E-state index < -0.39 is 17.1 Å². The van der Waals surface area contributed by atoms with Crippen LogP contribution in [0.4, 0.5) is 5.82 Å². The normalized spacial score (nSPS) is 20.1. The van der Waals surface area contributed by atoms with Gasteiger partial charge in [-0.1, -0.05) is 11.8 Å². The first kappa shape index (κ1) is 15.0. The number of imidazole rings is 1. The summed E-state index contributed by atoms with van der Waals surface area (Å²) >= 11 is 1.11. The number of esters is 1. The molecule has 1 aliphatic heterocycles. The first-order valence-electron chi connectivity index (χ1n) is 5.87. The summed E-state index contributed by atoms with van der Waals surface area (Å²) in [7, 11) is 2.79. The van der Waals surface area contributed by atoms with Gasteiger partial charge in [0.25, 0.3) is 5.91 Å². The number of aromatic amines is 1. The molecule has 0 saturated carbocycles. The zero-order chi connectivity index (χ0) is 15.6. The number of hydrogen-bond acceptors (Lipinski definition) is 7. The van der Waals surface area contributed by atoms with E-state index in [1.807, 2.05) is 0 Å². The van der Waals surface area contributed by atoms with E-state index >= 15 is 0 Å². The molecule has 2 heterocycles. The minimum atomic E-state index is -0.699. The lowest BCUT2D eigenvalue weighted by atomic mass is 10.3. The maximum Gasteiger partial charge on any atom is 0.307 e. The molecule has 0 radical (unpaired) electrons. The number of nitrogens with two attached hydrogens (primary N) is 1. The Balaban J connectivity index is 2.22. The summed E-state index contributed by atoms with van der Waals surface area (Å²) < 4.78 is 4.55. The molecule has 0 aromatic carbocycles. The van der Waals surface area contributed by atoms with Crippen molar-refractivity contribution in [3.05, 3.63) is 12.0 Å². The van der Waals surface area contributed by atoms with Gasteiger partial charge < -0.3 is 15.5 Å². The largest absolute Gasteiger partial charge is 0.469 e. The van der Waals surface area contributed by atoms with Crippen molar-refractivity contribution >= 4 is 40.5 Å². The third-order valence-electron chi connectivity index (χ3n) is 2.79. The Labute approximate surface area is 123 Å². The van der Waals surface area contributed by atoms with Gasteiger partial charge in [-0.15, -0.1) is 0 Å². The van der Waals surface area contributed by atoms with E-state index in [2.05, 4.69) is 19.7 Å². The molecular formula is C11H13N5O4S. The van der Waals surface area contributed by atoms with E-state index in [0.29, 0.717) is 5.17 Å². The highest BCUT2D eigenvalue weighted by atomic mass is 32.2. The lowest BCUT2D eigenvalue weighted by Gasteiger charge is -2.07. The van der Waals surface area contributed by atoms with E-state index in [1.54, 1.807) is 0 Å². The molecule has 1 unspecified atom stereocenters. The molecule has 21 heavy (non-hydrogen) atoms. The lowest BCUT2D eigenvalue weighted by molar-refractivity contribution is -0.142. The van der Waals surface area contributed by atoms with Crippen LogP contribution in [0.1, 0.15) is 16.9 Å². The molecule has 0 bridgehead atoms. The van der Waals surface area contributed by atoms with E-state index in [9.17, 15) is 14.4 Å². The maximum atomic E-state index is 12.0. The van der Waals surface area contributed by atoms with E-state index in [4.69, 9.17) is 5.73 Å². The Morgan fingerprint density at radius 1 is 1.62 bits per heavy atom. The van der Waals surface area contributed by atoms with Crippen molar-refractivity contribution in [3.8, 4) is 0 Å². The average Bonchev–Trinajstić information content (AvgIpc) is 3.00. The first-order chi connectivity index (χ1) is 9.93. The number of carbonyl (C=O) groups is 3. The predicted octanol–water partition coefficient (Wildman–Crippen LogP) is -0.367. The molecule has 1 aliphatic rings. The van der Waals surface area contributed by atoms with Crippen LogP contribution in [0.3, 0.4) is 0 Å². The summed E-state index contributed by atoms with van der Waals surface area (Å²) in [5, 5.41) is -0.263. The lowest BCUT2D eigenvalue weighted by Crippen LogP contribution is -2.29. The van der Waals surface area contributed by atoms with Gasteiger partial charge in [-0.05, 0) is 0 Å². The van der Waals surface area contributed by atoms with Gasteiger partial charge in [-0.25, -0.2) is 9.98 Å². The van der Waals surface area contributed by atoms with Crippen LogP contribution in [0.25, 0.3) is 0 Å². The third-order valence-corrected chi connectivity index (χ3v) is 4.02. The monoisotopic (exact) mass is 311 g/mol. The molecule has 2 rings (SSSR count). The summed E-state index contributed by atoms with van der Waals surface area (Å²) in [6.07, 6.45) is 1.24. The van der Waals surface area contributed by atoms with Gasteiger partial charge in [0.2, 0.25) is 5.91 Å². The molecule has 1 atom stereocenters. The highest BCUT2D eigenvalue weighted by Gasteiger charge is 2.37. The minimum absolute atomic E-state index is 0.0490. The Morgan fingerprint density at radius 3 is 2.95 bits per heavy atom. The number of aromatic nitrogens is 2. The van der Waals surface area contributed by atoms with Gasteiger partial charge in [0.05, 0.1) is 19.9 Å². The molecule has 1 aromatic heterocycles. The molecule has 1 aromatic rings. The van der Waals surface area contributed by atoms with Crippen LogP contribution < -0.4 is 5.73 Å². The highest BCUT2D eigenvalue weighted by molar-refractivity contribution is 8.15. The number of H-pyrrole nitrogens is 1. The van der Waals surface area contributed by atoms with Crippen LogP contribution in [-0.4, -0.2) is 57.2 Å². The number of nitrogens with one attached hydrogen (secondary N) is 1. The van der Waals surface area contributed by atoms with E-state index in [0.717, 1.165) is 11.8 Å². The van der Waals surface area contributed by atoms with Crippen LogP contribution in [0, 0.1) is 0 Å². The second-order valence-corrected chi connectivity index (χ2v) is 5.31. The Kier molecular flexibility index (Phi) is 4.26. The number of amides is 2. The molecule has 10 heteroatoms.